The van der Waals surface area contributed by atoms with Crippen molar-refractivity contribution < 1.29 is 19.2 Å². The third-order valence-corrected chi connectivity index (χ3v) is 10.0. The molecule has 14 nitrogen and oxygen atoms in total. The molecule has 1 unspecified atom stereocenters. The highest BCUT2D eigenvalue weighted by atomic mass is 16.2. The molecule has 3 aliphatic rings. The van der Waals surface area contributed by atoms with Gasteiger partial charge in [0.15, 0.2) is 0 Å². The summed E-state index contributed by atoms with van der Waals surface area (Å²) in [7, 11) is 0. The van der Waals surface area contributed by atoms with E-state index in [1.807, 2.05) is 41.8 Å². The number of hydrogen-bond acceptors (Lipinski definition) is 9. The molecule has 2 atom stereocenters. The van der Waals surface area contributed by atoms with E-state index in [2.05, 4.69) is 71.5 Å². The monoisotopic (exact) mass is 700 g/mol. The van der Waals surface area contributed by atoms with Gasteiger partial charge in [-0.1, -0.05) is 30.3 Å². The van der Waals surface area contributed by atoms with Gasteiger partial charge in [0.1, 0.15) is 23.1 Å². The van der Waals surface area contributed by atoms with Crippen LogP contribution in [-0.4, -0.2) is 86.6 Å². The van der Waals surface area contributed by atoms with Crippen LogP contribution in [0.25, 0.3) is 11.0 Å². The first kappa shape index (κ1) is 33.1. The van der Waals surface area contributed by atoms with Gasteiger partial charge >= 0.3 is 0 Å². The molecule has 5 aromatic rings. The summed E-state index contributed by atoms with van der Waals surface area (Å²) in [6.07, 6.45) is 4.26. The fraction of sp³-hybridized carbons (Fsp3) is 0.316. The topological polar surface area (TPSA) is 159 Å². The molecule has 2 fully saturated rings. The number of piperazine rings is 1. The van der Waals surface area contributed by atoms with E-state index >= 15 is 0 Å². The van der Waals surface area contributed by atoms with Crippen molar-refractivity contribution in [2.24, 2.45) is 0 Å². The maximum Gasteiger partial charge on any atom is 0.274 e. The van der Waals surface area contributed by atoms with Crippen LogP contribution in [0.4, 0.5) is 17.1 Å². The maximum absolute atomic E-state index is 13.1. The summed E-state index contributed by atoms with van der Waals surface area (Å²) in [5.41, 5.74) is 6.32. The Morgan fingerprint density at radius 3 is 2.58 bits per heavy atom. The lowest BCUT2D eigenvalue weighted by Gasteiger charge is -2.36. The van der Waals surface area contributed by atoms with Gasteiger partial charge in [-0.3, -0.25) is 34.1 Å². The Kier molecular flexibility index (Phi) is 8.89. The van der Waals surface area contributed by atoms with Crippen molar-refractivity contribution in [1.29, 1.82) is 0 Å². The van der Waals surface area contributed by atoms with Crippen molar-refractivity contribution in [2.45, 2.75) is 44.9 Å². The van der Waals surface area contributed by atoms with Gasteiger partial charge in [-0.25, -0.2) is 4.98 Å². The van der Waals surface area contributed by atoms with Crippen molar-refractivity contribution >= 4 is 51.7 Å². The smallest absolute Gasteiger partial charge is 0.274 e. The minimum absolute atomic E-state index is 0.0338. The molecular weight excluding hydrogens is 660 g/mol. The molecule has 266 valence electrons. The normalized spacial score (nSPS) is 19.2. The number of nitrogens with zero attached hydrogens (tertiary/aromatic N) is 6. The number of imide groups is 1. The minimum Gasteiger partial charge on any atom is -0.373 e. The molecule has 2 aromatic carbocycles. The fourth-order valence-corrected chi connectivity index (χ4v) is 7.20. The summed E-state index contributed by atoms with van der Waals surface area (Å²) in [5.74, 6) is -0.966. The van der Waals surface area contributed by atoms with Crippen molar-refractivity contribution in [3.8, 4) is 0 Å². The van der Waals surface area contributed by atoms with E-state index in [4.69, 9.17) is 0 Å². The molecule has 3 aromatic heterocycles. The van der Waals surface area contributed by atoms with Crippen LogP contribution >= 0.6 is 0 Å². The highest BCUT2D eigenvalue weighted by molar-refractivity contribution is 6.05. The maximum atomic E-state index is 13.1. The first-order chi connectivity index (χ1) is 25.3. The minimum atomic E-state index is -0.410. The summed E-state index contributed by atoms with van der Waals surface area (Å²) in [6.45, 7) is 7.45. The lowest BCUT2D eigenvalue weighted by atomic mass is 10.0. The predicted octanol–water partition coefficient (Wildman–Crippen LogP) is 3.38. The van der Waals surface area contributed by atoms with Crippen molar-refractivity contribution in [1.82, 2.24) is 34.9 Å². The zero-order valence-corrected chi connectivity index (χ0v) is 28.8. The summed E-state index contributed by atoms with van der Waals surface area (Å²) in [6, 6.07) is 21.5. The predicted molar refractivity (Wildman–Crippen MR) is 196 cm³/mol. The SMILES string of the molecule is C[C@@H]1CNC(=O)c2cc3ccc(C(=O)Nc4cnn(Cc5ccc(N6CCN(Cc7ccccc7NC7CCC(=O)NC7=O)CC6)cc5)c4)nc3n21. The van der Waals surface area contributed by atoms with Gasteiger partial charge in [0.05, 0.1) is 24.5 Å². The standard InChI is InChI=1S/C38H40N10O4/c1-24-19-39-38(52)33-18-26-8-11-32(43-35(26)48(24)33)36(50)41-28-20-40-47(23-28)21-25-6-9-29(10-7-25)46-16-14-45(15-17-46)22-27-4-2-3-5-30(27)42-31-12-13-34(49)44-37(31)51/h2-11,18,20,23-24,31,42H,12-17,19,21-22H2,1H3,(H,39,52)(H,41,50)(H,44,49,51)/t24-,31?/m1/s1. The first-order valence-corrected chi connectivity index (χ1v) is 17.7. The molecule has 0 aliphatic carbocycles. The lowest BCUT2D eigenvalue weighted by Crippen LogP contribution is -2.48. The molecule has 0 radical (unpaired) electrons. The van der Waals surface area contributed by atoms with Gasteiger partial charge < -0.3 is 25.4 Å². The van der Waals surface area contributed by atoms with Crippen LogP contribution in [0.3, 0.4) is 0 Å². The molecule has 52 heavy (non-hydrogen) atoms. The Morgan fingerprint density at radius 2 is 1.77 bits per heavy atom. The molecule has 4 amide bonds. The number of anilines is 3. The molecule has 3 aliphatic heterocycles. The number of piperidine rings is 1. The second kappa shape index (κ2) is 13.9. The van der Waals surface area contributed by atoms with E-state index in [0.717, 1.165) is 54.9 Å². The van der Waals surface area contributed by atoms with Crippen LogP contribution in [0.1, 0.15) is 57.9 Å². The van der Waals surface area contributed by atoms with Crippen molar-refractivity contribution in [2.75, 3.05) is 48.3 Å². The van der Waals surface area contributed by atoms with Crippen LogP contribution in [0, 0.1) is 0 Å². The molecule has 14 heteroatoms. The van der Waals surface area contributed by atoms with E-state index in [-0.39, 0.29) is 35.4 Å². The average Bonchev–Trinajstić information content (AvgIpc) is 3.77. The van der Waals surface area contributed by atoms with Gasteiger partial charge in [-0.2, -0.15) is 5.10 Å². The number of benzene rings is 2. The third-order valence-electron chi connectivity index (χ3n) is 10.0. The number of amides is 4. The number of aromatic nitrogens is 4. The van der Waals surface area contributed by atoms with E-state index in [1.54, 1.807) is 23.1 Å². The van der Waals surface area contributed by atoms with Gasteiger partial charge in [0, 0.05) is 68.6 Å². The second-order valence-corrected chi connectivity index (χ2v) is 13.7. The quantitative estimate of drug-likeness (QED) is 0.169. The first-order valence-electron chi connectivity index (χ1n) is 17.7. The van der Waals surface area contributed by atoms with Crippen LogP contribution in [0.15, 0.2) is 79.1 Å². The number of rotatable bonds is 9. The Bertz CT molecular complexity index is 2170. The van der Waals surface area contributed by atoms with E-state index < -0.39 is 6.04 Å². The number of para-hydroxylation sites is 1. The van der Waals surface area contributed by atoms with Crippen LogP contribution in [0.2, 0.25) is 0 Å². The third kappa shape index (κ3) is 6.84. The summed E-state index contributed by atoms with van der Waals surface area (Å²) >= 11 is 0. The van der Waals surface area contributed by atoms with Crippen molar-refractivity contribution in [3.63, 3.8) is 0 Å². The largest absolute Gasteiger partial charge is 0.373 e. The molecule has 0 bridgehead atoms. The van der Waals surface area contributed by atoms with Crippen LogP contribution in [0.5, 0.6) is 0 Å². The zero-order valence-electron chi connectivity index (χ0n) is 28.8. The molecule has 2 saturated heterocycles. The number of pyridine rings is 1. The molecule has 0 spiro atoms. The number of carbonyl (C=O) groups excluding carboxylic acids is 4. The molecule has 4 N–H and O–H groups in total. The van der Waals surface area contributed by atoms with E-state index in [1.165, 1.54) is 5.69 Å². The summed E-state index contributed by atoms with van der Waals surface area (Å²) in [5, 5.41) is 16.8. The summed E-state index contributed by atoms with van der Waals surface area (Å²) < 4.78 is 3.68. The number of hydrogen-bond donors (Lipinski definition) is 4. The van der Waals surface area contributed by atoms with Crippen molar-refractivity contribution in [3.05, 3.63) is 102 Å². The number of fused-ring (bicyclic) bond motifs is 3. The zero-order chi connectivity index (χ0) is 35.8. The average molecular weight is 701 g/mol. The lowest BCUT2D eigenvalue weighted by molar-refractivity contribution is -0.133. The Hall–Kier alpha value is -6.02. The molecular formula is C38H40N10O4. The van der Waals surface area contributed by atoms with E-state index in [9.17, 15) is 19.2 Å². The van der Waals surface area contributed by atoms with E-state index in [0.29, 0.717) is 43.0 Å². The number of carbonyl (C=O) groups is 4. The van der Waals surface area contributed by atoms with Gasteiger partial charge in [-0.15, -0.1) is 0 Å². The summed E-state index contributed by atoms with van der Waals surface area (Å²) in [4.78, 5) is 58.8. The van der Waals surface area contributed by atoms with Gasteiger partial charge in [-0.05, 0) is 60.9 Å². The highest BCUT2D eigenvalue weighted by Crippen LogP contribution is 2.27. The van der Waals surface area contributed by atoms with Crippen LogP contribution < -0.4 is 26.2 Å². The highest BCUT2D eigenvalue weighted by Gasteiger charge is 2.28. The van der Waals surface area contributed by atoms with Crippen LogP contribution in [-0.2, 0) is 22.7 Å². The second-order valence-electron chi connectivity index (χ2n) is 13.7. The molecule has 6 heterocycles. The number of nitrogens with one attached hydrogen (secondary N) is 4. The fourth-order valence-electron chi connectivity index (χ4n) is 7.20. The van der Waals surface area contributed by atoms with Gasteiger partial charge in [0.2, 0.25) is 11.8 Å². The Morgan fingerprint density at radius 1 is 0.962 bits per heavy atom. The Labute approximate surface area is 300 Å². The van der Waals surface area contributed by atoms with Gasteiger partial charge in [0.25, 0.3) is 11.8 Å². The molecule has 0 saturated carbocycles. The molecule has 8 rings (SSSR count). The Balaban J connectivity index is 0.837.